The Morgan fingerprint density at radius 3 is 2.69 bits per heavy atom. The zero-order chi connectivity index (χ0) is 20.4. The molecule has 1 aliphatic heterocycles. The molecule has 3 aromatic rings. The predicted molar refractivity (Wildman–Crippen MR) is 112 cm³/mol. The highest BCUT2D eigenvalue weighted by atomic mass is 16.5. The van der Waals surface area contributed by atoms with E-state index in [2.05, 4.69) is 46.7 Å². The fourth-order valence-electron chi connectivity index (χ4n) is 4.02. The number of carbonyl (C=O) groups is 2. The molecule has 0 saturated carbocycles. The zero-order valence-corrected chi connectivity index (χ0v) is 16.7. The van der Waals surface area contributed by atoms with E-state index >= 15 is 0 Å². The summed E-state index contributed by atoms with van der Waals surface area (Å²) < 4.78 is 4.92. The van der Waals surface area contributed by atoms with Crippen LogP contribution in [-0.4, -0.2) is 41.6 Å². The van der Waals surface area contributed by atoms with Gasteiger partial charge in [0, 0.05) is 23.1 Å². The van der Waals surface area contributed by atoms with Gasteiger partial charge >= 0.3 is 12.0 Å². The van der Waals surface area contributed by atoms with Gasteiger partial charge in [-0.15, -0.1) is 0 Å². The number of para-hydroxylation sites is 1. The zero-order valence-electron chi connectivity index (χ0n) is 16.7. The quantitative estimate of drug-likeness (QED) is 0.666. The van der Waals surface area contributed by atoms with Gasteiger partial charge in [-0.25, -0.2) is 4.79 Å². The number of rotatable bonds is 4. The first-order valence-electron chi connectivity index (χ1n) is 9.94. The van der Waals surface area contributed by atoms with Crippen LogP contribution in [-0.2, 0) is 16.0 Å². The first-order chi connectivity index (χ1) is 14.1. The van der Waals surface area contributed by atoms with Crippen LogP contribution in [0, 0.1) is 6.92 Å². The Morgan fingerprint density at radius 2 is 1.93 bits per heavy atom. The lowest BCUT2D eigenvalue weighted by atomic mass is 9.92. The summed E-state index contributed by atoms with van der Waals surface area (Å²) in [6, 6.07) is 15.9. The maximum Gasteiger partial charge on any atom is 0.325 e. The lowest BCUT2D eigenvalue weighted by Gasteiger charge is -2.36. The van der Waals surface area contributed by atoms with Gasteiger partial charge in [-0.2, -0.15) is 0 Å². The second kappa shape index (κ2) is 7.99. The van der Waals surface area contributed by atoms with E-state index < -0.39 is 5.97 Å². The van der Waals surface area contributed by atoms with Crippen molar-refractivity contribution in [2.75, 3.05) is 19.7 Å². The van der Waals surface area contributed by atoms with Crippen LogP contribution in [0.5, 0.6) is 0 Å². The molecule has 6 nitrogen and oxygen atoms in total. The third kappa shape index (κ3) is 3.70. The van der Waals surface area contributed by atoms with Crippen molar-refractivity contribution < 1.29 is 14.3 Å². The minimum Gasteiger partial charge on any atom is -0.465 e. The molecule has 0 radical (unpaired) electrons. The molecule has 29 heavy (non-hydrogen) atoms. The molecular formula is C23H25N3O3. The third-order valence-electron chi connectivity index (χ3n) is 5.38. The Balaban J connectivity index is 1.70. The lowest BCUT2D eigenvalue weighted by molar-refractivity contribution is -0.141. The van der Waals surface area contributed by atoms with Crippen molar-refractivity contribution in [1.29, 1.82) is 0 Å². The van der Waals surface area contributed by atoms with Crippen molar-refractivity contribution in [1.82, 2.24) is 15.2 Å². The van der Waals surface area contributed by atoms with Crippen molar-refractivity contribution in [2.24, 2.45) is 0 Å². The van der Waals surface area contributed by atoms with E-state index in [1.165, 1.54) is 16.5 Å². The molecule has 0 bridgehead atoms. The van der Waals surface area contributed by atoms with Crippen LogP contribution < -0.4 is 5.32 Å². The smallest absolute Gasteiger partial charge is 0.325 e. The van der Waals surface area contributed by atoms with Crippen LogP contribution in [0.3, 0.4) is 0 Å². The Hall–Kier alpha value is -3.28. The molecule has 6 heteroatoms. The van der Waals surface area contributed by atoms with E-state index in [1.54, 1.807) is 11.8 Å². The van der Waals surface area contributed by atoms with Crippen molar-refractivity contribution in [3.05, 3.63) is 70.9 Å². The molecule has 0 aliphatic carbocycles. The number of nitrogens with one attached hydrogen (secondary N) is 2. The molecule has 2 amide bonds. The summed E-state index contributed by atoms with van der Waals surface area (Å²) in [7, 11) is 0. The molecule has 1 aliphatic rings. The van der Waals surface area contributed by atoms with Gasteiger partial charge < -0.3 is 19.9 Å². The number of nitrogens with zero attached hydrogens (tertiary/aromatic N) is 1. The van der Waals surface area contributed by atoms with Crippen molar-refractivity contribution in [3.8, 4) is 0 Å². The normalized spacial score (nSPS) is 15.8. The van der Waals surface area contributed by atoms with Crippen LogP contribution in [0.1, 0.15) is 35.3 Å². The number of benzene rings is 2. The summed E-state index contributed by atoms with van der Waals surface area (Å²) in [5.41, 5.74) is 5.56. The van der Waals surface area contributed by atoms with Gasteiger partial charge in [0.2, 0.25) is 0 Å². The van der Waals surface area contributed by atoms with E-state index in [0.29, 0.717) is 13.2 Å². The summed E-state index contributed by atoms with van der Waals surface area (Å²) in [5.74, 6) is -0.434. The number of urea groups is 1. The highest BCUT2D eigenvalue weighted by molar-refractivity contribution is 5.87. The van der Waals surface area contributed by atoms with E-state index in [9.17, 15) is 9.59 Å². The second-order valence-corrected chi connectivity index (χ2v) is 7.28. The summed E-state index contributed by atoms with van der Waals surface area (Å²) in [4.78, 5) is 30.0. The summed E-state index contributed by atoms with van der Waals surface area (Å²) in [6.45, 7) is 4.52. The molecule has 2 N–H and O–H groups in total. The minimum atomic E-state index is -0.434. The third-order valence-corrected chi connectivity index (χ3v) is 5.38. The number of carbonyl (C=O) groups excluding carboxylic acids is 2. The molecule has 2 aromatic carbocycles. The fraction of sp³-hybridized carbons (Fsp3) is 0.304. The SMILES string of the molecule is CCOC(=O)CNC(=O)N1CCc2c([nH]c3ccccc23)C1c1ccc(C)cc1. The highest BCUT2D eigenvalue weighted by Crippen LogP contribution is 2.38. The second-order valence-electron chi connectivity index (χ2n) is 7.28. The molecule has 1 atom stereocenters. The van der Waals surface area contributed by atoms with Crippen LogP contribution in [0.4, 0.5) is 4.79 Å². The van der Waals surface area contributed by atoms with Gasteiger partial charge in [-0.05, 0) is 37.5 Å². The predicted octanol–water partition coefficient (Wildman–Crippen LogP) is 3.70. The Morgan fingerprint density at radius 1 is 1.17 bits per heavy atom. The van der Waals surface area contributed by atoms with E-state index in [0.717, 1.165) is 23.2 Å². The average molecular weight is 391 g/mol. The van der Waals surface area contributed by atoms with Gasteiger partial charge in [0.05, 0.1) is 12.6 Å². The number of aromatic amines is 1. The van der Waals surface area contributed by atoms with Gasteiger partial charge in [0.1, 0.15) is 6.54 Å². The van der Waals surface area contributed by atoms with Crippen molar-refractivity contribution in [2.45, 2.75) is 26.3 Å². The topological polar surface area (TPSA) is 74.4 Å². The van der Waals surface area contributed by atoms with E-state index in [-0.39, 0.29) is 18.6 Å². The Bertz CT molecular complexity index is 1040. The number of fused-ring (bicyclic) bond motifs is 3. The largest absolute Gasteiger partial charge is 0.465 e. The monoisotopic (exact) mass is 391 g/mol. The van der Waals surface area contributed by atoms with Gasteiger partial charge in [0.15, 0.2) is 0 Å². The highest BCUT2D eigenvalue weighted by Gasteiger charge is 2.34. The van der Waals surface area contributed by atoms with Gasteiger partial charge in [-0.1, -0.05) is 48.0 Å². The molecule has 2 heterocycles. The molecule has 0 fully saturated rings. The molecule has 0 spiro atoms. The van der Waals surface area contributed by atoms with Gasteiger partial charge in [0.25, 0.3) is 0 Å². The first-order valence-corrected chi connectivity index (χ1v) is 9.94. The van der Waals surface area contributed by atoms with Crippen LogP contribution in [0.15, 0.2) is 48.5 Å². The molecule has 4 rings (SSSR count). The molecule has 1 unspecified atom stereocenters. The van der Waals surface area contributed by atoms with Crippen molar-refractivity contribution >= 4 is 22.9 Å². The maximum atomic E-state index is 13.0. The maximum absolute atomic E-state index is 13.0. The molecular weight excluding hydrogens is 366 g/mol. The Labute approximate surface area is 169 Å². The van der Waals surface area contributed by atoms with Crippen molar-refractivity contribution in [3.63, 3.8) is 0 Å². The number of aromatic nitrogens is 1. The summed E-state index contributed by atoms with van der Waals surface area (Å²) >= 11 is 0. The van der Waals surface area contributed by atoms with Crippen LogP contribution in [0.25, 0.3) is 10.9 Å². The number of amides is 2. The standard InChI is InChI=1S/C23H25N3O3/c1-3-29-20(27)14-24-23(28)26-13-12-18-17-6-4-5-7-19(17)25-21(18)22(26)16-10-8-15(2)9-11-16/h4-11,22,25H,3,12-14H2,1-2H3,(H,24,28). The number of aryl methyl sites for hydroxylation is 1. The minimum absolute atomic E-state index is 0.136. The Kier molecular flexibility index (Phi) is 5.25. The number of hydrogen-bond donors (Lipinski definition) is 2. The number of hydrogen-bond acceptors (Lipinski definition) is 3. The van der Waals surface area contributed by atoms with E-state index in [1.807, 2.05) is 19.1 Å². The summed E-state index contributed by atoms with van der Waals surface area (Å²) in [5, 5.41) is 3.91. The molecule has 0 saturated heterocycles. The van der Waals surface area contributed by atoms with Gasteiger partial charge in [-0.3, -0.25) is 4.79 Å². The number of ether oxygens (including phenoxy) is 1. The number of esters is 1. The molecule has 150 valence electrons. The molecule has 1 aromatic heterocycles. The van der Waals surface area contributed by atoms with Crippen LogP contribution >= 0.6 is 0 Å². The summed E-state index contributed by atoms with van der Waals surface area (Å²) in [6.07, 6.45) is 0.758. The lowest BCUT2D eigenvalue weighted by Crippen LogP contribution is -2.47. The number of H-pyrrole nitrogens is 1. The average Bonchev–Trinajstić information content (AvgIpc) is 3.11. The van der Waals surface area contributed by atoms with Crippen LogP contribution in [0.2, 0.25) is 0 Å². The first kappa shape index (κ1) is 19.1. The fourth-order valence-corrected chi connectivity index (χ4v) is 4.02. The van der Waals surface area contributed by atoms with E-state index in [4.69, 9.17) is 4.74 Å².